The number of nitrogens with zero attached hydrogens (tertiary/aromatic N) is 1. The van der Waals surface area contributed by atoms with Crippen LogP contribution in [-0.2, 0) is 0 Å². The number of aliphatic hydroxyl groups is 1. The second-order valence-electron chi connectivity index (χ2n) is 5.05. The number of rotatable bonds is 0. The predicted octanol–water partition coefficient (Wildman–Crippen LogP) is 1.63. The Morgan fingerprint density at radius 2 is 2.00 bits per heavy atom. The summed E-state index contributed by atoms with van der Waals surface area (Å²) in [5.74, 6) is 0.528. The first kappa shape index (κ1) is 9.47. The zero-order chi connectivity index (χ0) is 9.47. The molecule has 2 aliphatic rings. The molecular formula is C11H21NO. The van der Waals surface area contributed by atoms with Crippen molar-refractivity contribution in [3.8, 4) is 0 Å². The fourth-order valence-corrected chi connectivity index (χ4v) is 3.12. The molecule has 1 saturated heterocycles. The lowest BCUT2D eigenvalue weighted by molar-refractivity contribution is -0.0958. The monoisotopic (exact) mass is 183 g/mol. The van der Waals surface area contributed by atoms with Crippen LogP contribution >= 0.6 is 0 Å². The first-order chi connectivity index (χ1) is 6.11. The molecule has 1 heterocycles. The second-order valence-corrected chi connectivity index (χ2v) is 5.05. The highest BCUT2D eigenvalue weighted by Gasteiger charge is 2.43. The van der Waals surface area contributed by atoms with Gasteiger partial charge in [0.15, 0.2) is 0 Å². The van der Waals surface area contributed by atoms with E-state index in [1.165, 1.54) is 25.7 Å². The molecule has 76 valence electrons. The van der Waals surface area contributed by atoms with Gasteiger partial charge in [-0.25, -0.2) is 0 Å². The smallest absolute Gasteiger partial charge is 0.0674 e. The van der Waals surface area contributed by atoms with E-state index in [4.69, 9.17) is 0 Å². The van der Waals surface area contributed by atoms with E-state index in [1.807, 2.05) is 6.92 Å². The maximum absolute atomic E-state index is 10.3. The standard InChI is InChI=1S/C11H21NO/c1-11(13)7-8-12(2)10-6-4-3-5-9(10)11/h9-10,13H,3-8H2,1-2H3/t9-,10+,11+/m1/s1. The average molecular weight is 183 g/mol. The van der Waals surface area contributed by atoms with Crippen LogP contribution in [0.4, 0.5) is 0 Å². The van der Waals surface area contributed by atoms with E-state index in [2.05, 4.69) is 11.9 Å². The molecule has 0 amide bonds. The lowest BCUT2D eigenvalue weighted by Gasteiger charge is -2.50. The molecule has 1 aliphatic heterocycles. The summed E-state index contributed by atoms with van der Waals surface area (Å²) in [7, 11) is 2.21. The Bertz CT molecular complexity index is 191. The summed E-state index contributed by atoms with van der Waals surface area (Å²) in [4.78, 5) is 2.45. The SMILES string of the molecule is CN1CC[C@](C)(O)[C@@H]2CCCC[C@@H]21. The van der Waals surface area contributed by atoms with Crippen molar-refractivity contribution in [2.24, 2.45) is 5.92 Å². The van der Waals surface area contributed by atoms with E-state index < -0.39 is 5.60 Å². The van der Waals surface area contributed by atoms with Gasteiger partial charge in [0, 0.05) is 18.5 Å². The molecule has 2 fully saturated rings. The van der Waals surface area contributed by atoms with E-state index in [0.29, 0.717) is 12.0 Å². The van der Waals surface area contributed by atoms with E-state index >= 15 is 0 Å². The van der Waals surface area contributed by atoms with Gasteiger partial charge in [0.05, 0.1) is 5.60 Å². The lowest BCUT2D eigenvalue weighted by Crippen LogP contribution is -2.56. The third-order valence-electron chi connectivity index (χ3n) is 4.07. The molecule has 3 atom stereocenters. The normalized spacial score (nSPS) is 47.3. The average Bonchev–Trinajstić information content (AvgIpc) is 2.13. The Morgan fingerprint density at radius 1 is 1.31 bits per heavy atom. The molecule has 2 heteroatoms. The summed E-state index contributed by atoms with van der Waals surface area (Å²) in [5.41, 5.74) is -0.391. The van der Waals surface area contributed by atoms with Crippen molar-refractivity contribution >= 4 is 0 Å². The molecule has 2 nitrogen and oxygen atoms in total. The van der Waals surface area contributed by atoms with Crippen molar-refractivity contribution in [2.75, 3.05) is 13.6 Å². The van der Waals surface area contributed by atoms with Gasteiger partial charge in [-0.3, -0.25) is 0 Å². The van der Waals surface area contributed by atoms with Gasteiger partial charge in [0.25, 0.3) is 0 Å². The van der Waals surface area contributed by atoms with E-state index in [-0.39, 0.29) is 0 Å². The highest BCUT2D eigenvalue weighted by Crippen LogP contribution is 2.40. The van der Waals surface area contributed by atoms with Gasteiger partial charge in [-0.15, -0.1) is 0 Å². The fourth-order valence-electron chi connectivity index (χ4n) is 3.12. The van der Waals surface area contributed by atoms with Crippen LogP contribution in [-0.4, -0.2) is 35.2 Å². The van der Waals surface area contributed by atoms with Crippen molar-refractivity contribution in [3.63, 3.8) is 0 Å². The molecule has 0 aromatic carbocycles. The van der Waals surface area contributed by atoms with E-state index in [1.54, 1.807) is 0 Å². The first-order valence-electron chi connectivity index (χ1n) is 5.54. The minimum Gasteiger partial charge on any atom is -0.390 e. The van der Waals surface area contributed by atoms with E-state index in [0.717, 1.165) is 13.0 Å². The summed E-state index contributed by atoms with van der Waals surface area (Å²) in [6.45, 7) is 3.09. The van der Waals surface area contributed by atoms with Gasteiger partial charge < -0.3 is 10.0 Å². The molecular weight excluding hydrogens is 162 g/mol. The summed E-state index contributed by atoms with van der Waals surface area (Å²) < 4.78 is 0. The van der Waals surface area contributed by atoms with Gasteiger partial charge in [0.2, 0.25) is 0 Å². The molecule has 0 unspecified atom stereocenters. The highest BCUT2D eigenvalue weighted by molar-refractivity contribution is 4.97. The predicted molar refractivity (Wildman–Crippen MR) is 53.6 cm³/mol. The van der Waals surface area contributed by atoms with Crippen molar-refractivity contribution in [3.05, 3.63) is 0 Å². The van der Waals surface area contributed by atoms with Gasteiger partial charge >= 0.3 is 0 Å². The number of hydrogen-bond acceptors (Lipinski definition) is 2. The molecule has 0 bridgehead atoms. The van der Waals surface area contributed by atoms with Crippen molar-refractivity contribution in [1.29, 1.82) is 0 Å². The van der Waals surface area contributed by atoms with Crippen LogP contribution < -0.4 is 0 Å². The third kappa shape index (κ3) is 1.62. The number of likely N-dealkylation sites (tertiary alicyclic amines) is 1. The van der Waals surface area contributed by atoms with E-state index in [9.17, 15) is 5.11 Å². The van der Waals surface area contributed by atoms with Crippen molar-refractivity contribution < 1.29 is 5.11 Å². The first-order valence-corrected chi connectivity index (χ1v) is 5.54. The van der Waals surface area contributed by atoms with Gasteiger partial charge in [-0.1, -0.05) is 12.8 Å². The Labute approximate surface area is 80.9 Å². The Morgan fingerprint density at radius 3 is 2.69 bits per heavy atom. The minimum absolute atomic E-state index is 0.391. The van der Waals surface area contributed by atoms with Crippen LogP contribution in [0, 0.1) is 5.92 Å². The maximum Gasteiger partial charge on any atom is 0.0674 e. The molecule has 2 rings (SSSR count). The Kier molecular flexibility index (Phi) is 2.37. The van der Waals surface area contributed by atoms with Crippen LogP contribution in [0.3, 0.4) is 0 Å². The molecule has 1 aliphatic carbocycles. The van der Waals surface area contributed by atoms with Crippen LogP contribution in [0.15, 0.2) is 0 Å². The molecule has 13 heavy (non-hydrogen) atoms. The minimum atomic E-state index is -0.391. The molecule has 1 saturated carbocycles. The van der Waals surface area contributed by atoms with Gasteiger partial charge in [-0.2, -0.15) is 0 Å². The molecule has 0 aromatic rings. The number of hydrogen-bond donors (Lipinski definition) is 1. The lowest BCUT2D eigenvalue weighted by atomic mass is 9.70. The number of fused-ring (bicyclic) bond motifs is 1. The fraction of sp³-hybridized carbons (Fsp3) is 1.00. The second kappa shape index (κ2) is 3.25. The Balaban J connectivity index is 2.14. The summed E-state index contributed by atoms with van der Waals surface area (Å²) >= 11 is 0. The van der Waals surface area contributed by atoms with Crippen LogP contribution in [0.25, 0.3) is 0 Å². The van der Waals surface area contributed by atoms with Crippen LogP contribution in [0.1, 0.15) is 39.0 Å². The Hall–Kier alpha value is -0.0800. The molecule has 0 spiro atoms. The third-order valence-corrected chi connectivity index (χ3v) is 4.07. The largest absolute Gasteiger partial charge is 0.390 e. The molecule has 0 aromatic heterocycles. The zero-order valence-electron chi connectivity index (χ0n) is 8.79. The van der Waals surface area contributed by atoms with Crippen LogP contribution in [0.5, 0.6) is 0 Å². The van der Waals surface area contributed by atoms with Crippen molar-refractivity contribution in [1.82, 2.24) is 4.90 Å². The highest BCUT2D eigenvalue weighted by atomic mass is 16.3. The number of piperidine rings is 1. The zero-order valence-corrected chi connectivity index (χ0v) is 8.79. The summed E-state index contributed by atoms with van der Waals surface area (Å²) in [6.07, 6.45) is 6.12. The topological polar surface area (TPSA) is 23.5 Å². The van der Waals surface area contributed by atoms with Crippen molar-refractivity contribution in [2.45, 2.75) is 50.7 Å². The van der Waals surface area contributed by atoms with Crippen LogP contribution in [0.2, 0.25) is 0 Å². The summed E-state index contributed by atoms with van der Waals surface area (Å²) in [5, 5.41) is 10.3. The quantitative estimate of drug-likeness (QED) is 0.617. The van der Waals surface area contributed by atoms with Gasteiger partial charge in [0.1, 0.15) is 0 Å². The molecule has 1 N–H and O–H groups in total. The summed E-state index contributed by atoms with van der Waals surface area (Å²) in [6, 6.07) is 0.650. The molecule has 0 radical (unpaired) electrons. The van der Waals surface area contributed by atoms with Gasteiger partial charge in [-0.05, 0) is 33.2 Å². The maximum atomic E-state index is 10.3.